The Morgan fingerprint density at radius 2 is 1.95 bits per heavy atom. The minimum Gasteiger partial charge on any atom is -0.478 e. The largest absolute Gasteiger partial charge is 0.478 e. The van der Waals surface area contributed by atoms with E-state index in [1.54, 1.807) is 0 Å². The highest BCUT2D eigenvalue weighted by atomic mass is 16.4. The molecule has 4 N–H and O–H groups in total. The van der Waals surface area contributed by atoms with Gasteiger partial charge in [-0.2, -0.15) is 0 Å². The average Bonchev–Trinajstić information content (AvgIpc) is 2.78. The molecule has 0 unspecified atom stereocenters. The molecule has 1 aromatic heterocycles. The average molecular weight is 275 g/mol. The molecule has 0 saturated heterocycles. The number of carbonyl (C=O) groups is 3. The van der Waals surface area contributed by atoms with Crippen LogP contribution in [0.2, 0.25) is 0 Å². The Morgan fingerprint density at radius 3 is 2.50 bits per heavy atom. The minimum absolute atomic E-state index is 0.126. The quantitative estimate of drug-likeness (QED) is 0.679. The van der Waals surface area contributed by atoms with E-state index in [1.807, 2.05) is 0 Å². The summed E-state index contributed by atoms with van der Waals surface area (Å²) in [6.45, 7) is 0. The van der Waals surface area contributed by atoms with Gasteiger partial charge in [0, 0.05) is 0 Å². The molecule has 0 saturated carbocycles. The summed E-state index contributed by atoms with van der Waals surface area (Å²) in [6, 6.07) is 4.46. The zero-order chi connectivity index (χ0) is 14.9. The summed E-state index contributed by atoms with van der Waals surface area (Å²) in [4.78, 5) is 37.0. The van der Waals surface area contributed by atoms with Crippen molar-refractivity contribution in [2.24, 2.45) is 5.73 Å². The number of rotatable bonds is 4. The first-order chi connectivity index (χ1) is 9.41. The third kappa shape index (κ3) is 2.21. The summed E-state index contributed by atoms with van der Waals surface area (Å²) < 4.78 is 1.07. The van der Waals surface area contributed by atoms with Crippen LogP contribution in [0.15, 0.2) is 30.6 Å². The van der Waals surface area contributed by atoms with Gasteiger partial charge in [0.25, 0.3) is 5.91 Å². The fourth-order valence-electron chi connectivity index (χ4n) is 1.78. The Hall–Kier alpha value is -3.16. The van der Waals surface area contributed by atoms with Gasteiger partial charge in [-0.05, 0) is 12.1 Å². The lowest BCUT2D eigenvalue weighted by molar-refractivity contribution is -0.133. The van der Waals surface area contributed by atoms with Crippen molar-refractivity contribution in [3.05, 3.63) is 36.2 Å². The highest BCUT2D eigenvalue weighted by Crippen LogP contribution is 2.20. The van der Waals surface area contributed by atoms with Gasteiger partial charge in [0.2, 0.25) is 0 Å². The third-order valence-electron chi connectivity index (χ3n) is 2.58. The summed E-state index contributed by atoms with van der Waals surface area (Å²) in [5.41, 5.74) is 5.30. The molecule has 0 fully saturated rings. The van der Waals surface area contributed by atoms with Crippen LogP contribution in [0.5, 0.6) is 0 Å². The van der Waals surface area contributed by atoms with Gasteiger partial charge in [0.1, 0.15) is 17.5 Å². The first-order valence-electron chi connectivity index (χ1n) is 5.36. The maximum Gasteiger partial charge on any atom is 0.353 e. The molecule has 0 atom stereocenters. The van der Waals surface area contributed by atoms with Crippen molar-refractivity contribution >= 4 is 34.6 Å². The van der Waals surface area contributed by atoms with Gasteiger partial charge in [-0.3, -0.25) is 9.36 Å². The topological polar surface area (TPSA) is 136 Å². The number of imidazole rings is 1. The Bertz CT molecular complexity index is 760. The number of amides is 1. The second-order valence-electron chi connectivity index (χ2n) is 3.83. The van der Waals surface area contributed by atoms with Crippen molar-refractivity contribution in [1.29, 1.82) is 0 Å². The molecule has 20 heavy (non-hydrogen) atoms. The maximum absolute atomic E-state index is 11.3. The number of hydrogen-bond acceptors (Lipinski definition) is 4. The van der Waals surface area contributed by atoms with Crippen molar-refractivity contribution in [3.8, 4) is 0 Å². The van der Waals surface area contributed by atoms with Gasteiger partial charge < -0.3 is 15.9 Å². The molecule has 2 aromatic rings. The van der Waals surface area contributed by atoms with Gasteiger partial charge in [-0.15, -0.1) is 0 Å². The lowest BCUT2D eigenvalue weighted by Gasteiger charge is -2.04. The Kier molecular flexibility index (Phi) is 3.21. The number of aliphatic carboxylic acids is 2. The number of para-hydroxylation sites is 1. The molecule has 0 radical (unpaired) electrons. The van der Waals surface area contributed by atoms with E-state index in [-0.39, 0.29) is 16.6 Å². The monoisotopic (exact) mass is 275 g/mol. The molecule has 0 bridgehead atoms. The van der Waals surface area contributed by atoms with E-state index in [0.717, 1.165) is 10.9 Å². The number of benzene rings is 1. The second kappa shape index (κ2) is 4.84. The summed E-state index contributed by atoms with van der Waals surface area (Å²) in [7, 11) is 0. The number of primary amides is 1. The lowest BCUT2D eigenvalue weighted by Crippen LogP contribution is -2.12. The normalized spacial score (nSPS) is 11.5. The number of carboxylic acid groups (broad SMARTS) is 2. The van der Waals surface area contributed by atoms with E-state index in [0.29, 0.717) is 6.08 Å². The number of hydrogen-bond donors (Lipinski definition) is 3. The van der Waals surface area contributed by atoms with E-state index < -0.39 is 23.5 Å². The van der Waals surface area contributed by atoms with Crippen LogP contribution >= 0.6 is 0 Å². The molecule has 0 spiro atoms. The van der Waals surface area contributed by atoms with Crippen molar-refractivity contribution in [2.75, 3.05) is 0 Å². The van der Waals surface area contributed by atoms with Crippen LogP contribution < -0.4 is 5.73 Å². The molecule has 1 amide bonds. The highest BCUT2D eigenvalue weighted by Gasteiger charge is 2.17. The first-order valence-corrected chi connectivity index (χ1v) is 5.36. The van der Waals surface area contributed by atoms with Crippen LogP contribution in [-0.4, -0.2) is 37.6 Å². The van der Waals surface area contributed by atoms with Gasteiger partial charge in [0.15, 0.2) is 0 Å². The molecule has 0 aliphatic heterocycles. The van der Waals surface area contributed by atoms with Crippen LogP contribution in [-0.2, 0) is 9.59 Å². The zero-order valence-corrected chi connectivity index (χ0v) is 9.98. The molecule has 0 aliphatic carbocycles. The Morgan fingerprint density at radius 1 is 1.25 bits per heavy atom. The zero-order valence-electron chi connectivity index (χ0n) is 9.98. The van der Waals surface area contributed by atoms with Crippen LogP contribution in [0, 0.1) is 0 Å². The number of nitrogens with zero attached hydrogens (tertiary/aromatic N) is 2. The number of nitrogens with two attached hydrogens (primary N) is 1. The molecule has 1 heterocycles. The van der Waals surface area contributed by atoms with E-state index in [4.69, 9.17) is 15.9 Å². The van der Waals surface area contributed by atoms with Crippen LogP contribution in [0.25, 0.3) is 16.7 Å². The molecule has 102 valence electrons. The lowest BCUT2D eigenvalue weighted by atomic mass is 10.1. The first kappa shape index (κ1) is 13.3. The molecule has 1 aromatic carbocycles. The van der Waals surface area contributed by atoms with Crippen molar-refractivity contribution < 1.29 is 24.6 Å². The highest BCUT2D eigenvalue weighted by molar-refractivity contribution is 6.15. The van der Waals surface area contributed by atoms with Crippen LogP contribution in [0.1, 0.15) is 10.4 Å². The van der Waals surface area contributed by atoms with E-state index in [9.17, 15) is 14.4 Å². The summed E-state index contributed by atoms with van der Waals surface area (Å²) in [5.74, 6) is -3.55. The number of aromatic nitrogens is 2. The van der Waals surface area contributed by atoms with Gasteiger partial charge in [-0.1, -0.05) is 6.07 Å². The summed E-state index contributed by atoms with van der Waals surface area (Å²) in [5, 5.41) is 17.8. The van der Waals surface area contributed by atoms with E-state index in [2.05, 4.69) is 4.98 Å². The predicted molar refractivity (Wildman–Crippen MR) is 67.8 cm³/mol. The van der Waals surface area contributed by atoms with Crippen molar-refractivity contribution in [2.45, 2.75) is 0 Å². The predicted octanol–water partition coefficient (Wildman–Crippen LogP) is 0.145. The van der Waals surface area contributed by atoms with Gasteiger partial charge in [0.05, 0.1) is 17.2 Å². The third-order valence-corrected chi connectivity index (χ3v) is 2.58. The SMILES string of the molecule is NC(=O)c1cccc2c1ncn2C(=CC(=O)O)C(=O)O. The Labute approximate surface area is 111 Å². The molecule has 2 rings (SSSR count). The second-order valence-corrected chi connectivity index (χ2v) is 3.83. The number of carbonyl (C=O) groups excluding carboxylic acids is 1. The minimum atomic E-state index is -1.43. The number of carboxylic acids is 2. The van der Waals surface area contributed by atoms with Crippen molar-refractivity contribution in [1.82, 2.24) is 9.55 Å². The van der Waals surface area contributed by atoms with Gasteiger partial charge in [-0.25, -0.2) is 14.6 Å². The summed E-state index contributed by atoms with van der Waals surface area (Å²) >= 11 is 0. The standard InChI is InChI=1S/C12H9N3O5/c13-11(18)6-2-1-3-7-10(6)14-5-15(7)8(12(19)20)4-9(16)17/h1-5H,(H2,13,18)(H,16,17)(H,19,20). The molecule has 8 nitrogen and oxygen atoms in total. The van der Waals surface area contributed by atoms with Gasteiger partial charge >= 0.3 is 11.9 Å². The van der Waals surface area contributed by atoms with Crippen LogP contribution in [0.3, 0.4) is 0 Å². The van der Waals surface area contributed by atoms with Crippen molar-refractivity contribution in [3.63, 3.8) is 0 Å². The fourth-order valence-corrected chi connectivity index (χ4v) is 1.78. The smallest absolute Gasteiger partial charge is 0.353 e. The van der Waals surface area contributed by atoms with E-state index >= 15 is 0 Å². The number of fused-ring (bicyclic) bond motifs is 1. The van der Waals surface area contributed by atoms with E-state index in [1.165, 1.54) is 18.2 Å². The molecule has 0 aliphatic rings. The molecule has 8 heteroatoms. The Balaban J connectivity index is 2.73. The van der Waals surface area contributed by atoms with Crippen LogP contribution in [0.4, 0.5) is 0 Å². The fraction of sp³-hybridized carbons (Fsp3) is 0. The summed E-state index contributed by atoms with van der Waals surface area (Å²) in [6.07, 6.45) is 1.67. The molecular weight excluding hydrogens is 266 g/mol. The molecular formula is C12H9N3O5. The maximum atomic E-state index is 11.3.